The molecule has 1 aliphatic rings. The predicted molar refractivity (Wildman–Crippen MR) is 75.1 cm³/mol. The minimum absolute atomic E-state index is 0.0850. The molecule has 1 aliphatic heterocycles. The maximum atomic E-state index is 12.5. The van der Waals surface area contributed by atoms with Crippen molar-refractivity contribution in [3.63, 3.8) is 0 Å². The standard InChI is InChI=1S/C14H21N3O3/c1-3-20-14(19)10-5-4-6-17(8-10)13(18)12-7-11(15)9-16(12)2/h7,9-10H,3-6,8,15H2,1-2H3. The Morgan fingerprint density at radius 3 is 2.85 bits per heavy atom. The van der Waals surface area contributed by atoms with Crippen LogP contribution in [0, 0.1) is 5.92 Å². The van der Waals surface area contributed by atoms with Gasteiger partial charge in [-0.2, -0.15) is 0 Å². The monoisotopic (exact) mass is 279 g/mol. The van der Waals surface area contributed by atoms with Gasteiger partial charge in [0.1, 0.15) is 5.69 Å². The molecule has 1 saturated heterocycles. The van der Waals surface area contributed by atoms with Gasteiger partial charge < -0.3 is 19.9 Å². The number of likely N-dealkylation sites (tertiary alicyclic amines) is 1. The number of nitrogens with two attached hydrogens (primary N) is 1. The molecule has 2 N–H and O–H groups in total. The van der Waals surface area contributed by atoms with Crippen molar-refractivity contribution in [1.29, 1.82) is 0 Å². The fourth-order valence-electron chi connectivity index (χ4n) is 2.58. The van der Waals surface area contributed by atoms with E-state index in [0.717, 1.165) is 12.8 Å². The normalized spacial score (nSPS) is 18.9. The van der Waals surface area contributed by atoms with Crippen molar-refractivity contribution in [2.24, 2.45) is 13.0 Å². The second kappa shape index (κ2) is 5.98. The van der Waals surface area contributed by atoms with Crippen LogP contribution in [-0.2, 0) is 16.6 Å². The van der Waals surface area contributed by atoms with E-state index in [1.54, 1.807) is 35.7 Å². The molecule has 0 aliphatic carbocycles. The molecular weight excluding hydrogens is 258 g/mol. The van der Waals surface area contributed by atoms with Gasteiger partial charge in [-0.25, -0.2) is 0 Å². The Labute approximate surface area is 118 Å². The van der Waals surface area contributed by atoms with Crippen LogP contribution in [0.2, 0.25) is 0 Å². The van der Waals surface area contributed by atoms with Crippen molar-refractivity contribution in [3.8, 4) is 0 Å². The van der Waals surface area contributed by atoms with Crippen LogP contribution in [0.5, 0.6) is 0 Å². The predicted octanol–water partition coefficient (Wildman–Crippen LogP) is 1.02. The summed E-state index contributed by atoms with van der Waals surface area (Å²) in [7, 11) is 1.79. The fraction of sp³-hybridized carbons (Fsp3) is 0.571. The molecule has 2 rings (SSSR count). The summed E-state index contributed by atoms with van der Waals surface area (Å²) in [5.74, 6) is -0.514. The molecule has 6 heteroatoms. The molecule has 0 aromatic carbocycles. The topological polar surface area (TPSA) is 77.6 Å². The van der Waals surface area contributed by atoms with Gasteiger partial charge in [0.2, 0.25) is 0 Å². The Kier molecular flexibility index (Phi) is 4.32. The van der Waals surface area contributed by atoms with E-state index < -0.39 is 0 Å². The second-order valence-corrected chi connectivity index (χ2v) is 5.11. The van der Waals surface area contributed by atoms with E-state index >= 15 is 0 Å². The van der Waals surface area contributed by atoms with Gasteiger partial charge in [-0.1, -0.05) is 0 Å². The van der Waals surface area contributed by atoms with E-state index in [4.69, 9.17) is 10.5 Å². The minimum atomic E-state index is -0.217. The lowest BCUT2D eigenvalue weighted by molar-refractivity contribution is -0.149. The summed E-state index contributed by atoms with van der Waals surface area (Å²) in [5.41, 5.74) is 6.81. The Morgan fingerprint density at radius 1 is 1.50 bits per heavy atom. The van der Waals surface area contributed by atoms with Gasteiger partial charge in [-0.05, 0) is 25.8 Å². The van der Waals surface area contributed by atoms with Crippen molar-refractivity contribution in [1.82, 2.24) is 9.47 Å². The summed E-state index contributed by atoms with van der Waals surface area (Å²) in [5, 5.41) is 0. The number of amides is 1. The average molecular weight is 279 g/mol. The van der Waals surface area contributed by atoms with Crippen LogP contribution >= 0.6 is 0 Å². The number of hydrogen-bond donors (Lipinski definition) is 1. The number of piperidine rings is 1. The van der Waals surface area contributed by atoms with Gasteiger partial charge in [0, 0.05) is 26.3 Å². The van der Waals surface area contributed by atoms with Gasteiger partial charge >= 0.3 is 5.97 Å². The molecule has 1 unspecified atom stereocenters. The van der Waals surface area contributed by atoms with Crippen LogP contribution in [0.15, 0.2) is 12.3 Å². The number of nitrogen functional groups attached to an aromatic ring is 1. The highest BCUT2D eigenvalue weighted by Gasteiger charge is 2.30. The summed E-state index contributed by atoms with van der Waals surface area (Å²) in [4.78, 5) is 26.0. The van der Waals surface area contributed by atoms with Gasteiger partial charge in [-0.15, -0.1) is 0 Å². The number of carbonyl (C=O) groups excluding carboxylic acids is 2. The third-order valence-corrected chi connectivity index (χ3v) is 3.57. The summed E-state index contributed by atoms with van der Waals surface area (Å²) in [6, 6.07) is 1.66. The Morgan fingerprint density at radius 2 is 2.25 bits per heavy atom. The van der Waals surface area contributed by atoms with Crippen LogP contribution in [-0.4, -0.2) is 41.0 Å². The molecule has 1 amide bonds. The van der Waals surface area contributed by atoms with E-state index in [1.165, 1.54) is 0 Å². The highest BCUT2D eigenvalue weighted by molar-refractivity contribution is 5.94. The maximum absolute atomic E-state index is 12.5. The quantitative estimate of drug-likeness (QED) is 0.838. The molecule has 1 atom stereocenters. The van der Waals surface area contributed by atoms with Gasteiger partial charge in [0.15, 0.2) is 0 Å². The molecule has 0 bridgehead atoms. The molecule has 0 radical (unpaired) electrons. The lowest BCUT2D eigenvalue weighted by atomic mass is 9.98. The Hall–Kier alpha value is -1.98. The zero-order valence-electron chi connectivity index (χ0n) is 12.0. The number of aryl methyl sites for hydroxylation is 1. The molecule has 1 aromatic rings. The molecule has 110 valence electrons. The van der Waals surface area contributed by atoms with Crippen LogP contribution in [0.3, 0.4) is 0 Å². The summed E-state index contributed by atoms with van der Waals surface area (Å²) in [6.07, 6.45) is 3.30. The number of rotatable bonds is 3. The molecule has 6 nitrogen and oxygen atoms in total. The zero-order valence-corrected chi connectivity index (χ0v) is 12.0. The molecule has 1 fully saturated rings. The number of carbonyl (C=O) groups is 2. The molecule has 20 heavy (non-hydrogen) atoms. The first kappa shape index (κ1) is 14.4. The van der Waals surface area contributed by atoms with Crippen molar-refractivity contribution in [3.05, 3.63) is 18.0 Å². The number of hydrogen-bond acceptors (Lipinski definition) is 4. The number of anilines is 1. The van der Waals surface area contributed by atoms with Gasteiger partial charge in [0.05, 0.1) is 18.2 Å². The third-order valence-electron chi connectivity index (χ3n) is 3.57. The Balaban J connectivity index is 2.07. The zero-order chi connectivity index (χ0) is 14.7. The summed E-state index contributed by atoms with van der Waals surface area (Å²) in [6.45, 7) is 3.25. The van der Waals surface area contributed by atoms with E-state index in [-0.39, 0.29) is 17.8 Å². The van der Waals surface area contributed by atoms with E-state index in [9.17, 15) is 9.59 Å². The molecule has 1 aromatic heterocycles. The Bertz CT molecular complexity index is 510. The van der Waals surface area contributed by atoms with Crippen LogP contribution in [0.25, 0.3) is 0 Å². The van der Waals surface area contributed by atoms with Crippen LogP contribution in [0.1, 0.15) is 30.3 Å². The smallest absolute Gasteiger partial charge is 0.310 e. The lowest BCUT2D eigenvalue weighted by Crippen LogP contribution is -2.43. The number of nitrogens with zero attached hydrogens (tertiary/aromatic N) is 2. The van der Waals surface area contributed by atoms with Crippen molar-refractivity contribution >= 4 is 17.6 Å². The molecule has 0 saturated carbocycles. The average Bonchev–Trinajstić information content (AvgIpc) is 2.77. The first-order valence-electron chi connectivity index (χ1n) is 6.90. The summed E-state index contributed by atoms with van der Waals surface area (Å²) < 4.78 is 6.75. The molecule has 0 spiro atoms. The number of esters is 1. The number of ether oxygens (including phenoxy) is 1. The molecule has 2 heterocycles. The van der Waals surface area contributed by atoms with Gasteiger partial charge in [-0.3, -0.25) is 9.59 Å². The first-order valence-corrected chi connectivity index (χ1v) is 6.90. The highest BCUT2D eigenvalue weighted by Crippen LogP contribution is 2.21. The van der Waals surface area contributed by atoms with Crippen molar-refractivity contribution in [2.45, 2.75) is 19.8 Å². The summed E-state index contributed by atoms with van der Waals surface area (Å²) >= 11 is 0. The van der Waals surface area contributed by atoms with E-state index in [2.05, 4.69) is 0 Å². The van der Waals surface area contributed by atoms with Crippen molar-refractivity contribution in [2.75, 3.05) is 25.4 Å². The fourth-order valence-corrected chi connectivity index (χ4v) is 2.58. The van der Waals surface area contributed by atoms with Crippen LogP contribution in [0.4, 0.5) is 5.69 Å². The first-order chi connectivity index (χ1) is 9.52. The van der Waals surface area contributed by atoms with E-state index in [0.29, 0.717) is 31.1 Å². The van der Waals surface area contributed by atoms with E-state index in [1.807, 2.05) is 0 Å². The molecular formula is C14H21N3O3. The number of aromatic nitrogens is 1. The van der Waals surface area contributed by atoms with Crippen LogP contribution < -0.4 is 5.73 Å². The SMILES string of the molecule is CCOC(=O)C1CCCN(C(=O)c2cc(N)cn2C)C1. The van der Waals surface area contributed by atoms with Crippen molar-refractivity contribution < 1.29 is 14.3 Å². The second-order valence-electron chi connectivity index (χ2n) is 5.11. The third kappa shape index (κ3) is 2.95. The maximum Gasteiger partial charge on any atom is 0.310 e. The minimum Gasteiger partial charge on any atom is -0.466 e. The van der Waals surface area contributed by atoms with Gasteiger partial charge in [0.25, 0.3) is 5.91 Å². The lowest BCUT2D eigenvalue weighted by Gasteiger charge is -2.31. The highest BCUT2D eigenvalue weighted by atomic mass is 16.5. The largest absolute Gasteiger partial charge is 0.466 e.